The minimum absolute atomic E-state index is 0.408. The molecule has 3 rings (SSSR count). The third-order valence-corrected chi connectivity index (χ3v) is 5.10. The van der Waals surface area contributed by atoms with E-state index in [1.807, 2.05) is 0 Å². The largest absolute Gasteiger partial charge is 0.0720 e. The number of halogens is 1. The Bertz CT molecular complexity index is 682. The minimum atomic E-state index is 0.408. The Hall–Kier alpha value is -1.34. The quantitative estimate of drug-likeness (QED) is 0.616. The summed E-state index contributed by atoms with van der Waals surface area (Å²) in [6, 6.07) is 13.3. The van der Waals surface area contributed by atoms with Gasteiger partial charge in [0, 0.05) is 10.4 Å². The van der Waals surface area contributed by atoms with E-state index in [9.17, 15) is 0 Å². The van der Waals surface area contributed by atoms with Crippen LogP contribution in [0.5, 0.6) is 0 Å². The van der Waals surface area contributed by atoms with Gasteiger partial charge in [0.05, 0.1) is 0 Å². The van der Waals surface area contributed by atoms with E-state index in [-0.39, 0.29) is 0 Å². The molecule has 108 valence electrons. The van der Waals surface area contributed by atoms with E-state index in [0.717, 1.165) is 0 Å². The SMILES string of the molecule is CCCCc1ccccc1C1C=Cc2c(Br)ccc(C)c21. The van der Waals surface area contributed by atoms with E-state index in [0.29, 0.717) is 5.92 Å². The normalized spacial score (nSPS) is 16.2. The van der Waals surface area contributed by atoms with E-state index < -0.39 is 0 Å². The zero-order valence-corrected chi connectivity index (χ0v) is 14.3. The van der Waals surface area contributed by atoms with Crippen LogP contribution in [0.3, 0.4) is 0 Å². The highest BCUT2D eigenvalue weighted by Gasteiger charge is 2.24. The highest BCUT2D eigenvalue weighted by Crippen LogP contribution is 2.41. The lowest BCUT2D eigenvalue weighted by atomic mass is 9.86. The van der Waals surface area contributed by atoms with Crippen molar-refractivity contribution in [2.45, 2.75) is 39.0 Å². The maximum Gasteiger partial charge on any atom is 0.0284 e. The third-order valence-electron chi connectivity index (χ3n) is 4.41. The maximum atomic E-state index is 3.69. The first-order chi connectivity index (χ1) is 10.2. The summed E-state index contributed by atoms with van der Waals surface area (Å²) in [6.07, 6.45) is 8.31. The molecule has 1 aliphatic rings. The number of benzene rings is 2. The second-order valence-electron chi connectivity index (χ2n) is 5.83. The molecule has 0 bridgehead atoms. The average Bonchev–Trinajstić information content (AvgIpc) is 2.95. The van der Waals surface area contributed by atoms with Crippen molar-refractivity contribution in [2.24, 2.45) is 0 Å². The Morgan fingerprint density at radius 2 is 1.90 bits per heavy atom. The Morgan fingerprint density at radius 3 is 2.71 bits per heavy atom. The van der Waals surface area contributed by atoms with Gasteiger partial charge in [-0.15, -0.1) is 0 Å². The van der Waals surface area contributed by atoms with Crippen LogP contribution in [0.2, 0.25) is 0 Å². The van der Waals surface area contributed by atoms with Crippen molar-refractivity contribution in [2.75, 3.05) is 0 Å². The predicted molar refractivity (Wildman–Crippen MR) is 94.8 cm³/mol. The van der Waals surface area contributed by atoms with Gasteiger partial charge in [0.25, 0.3) is 0 Å². The molecule has 1 aliphatic carbocycles. The van der Waals surface area contributed by atoms with Crippen LogP contribution in [-0.4, -0.2) is 0 Å². The molecule has 0 N–H and O–H groups in total. The van der Waals surface area contributed by atoms with Crippen molar-refractivity contribution in [1.82, 2.24) is 0 Å². The molecule has 0 fully saturated rings. The Balaban J connectivity index is 2.06. The molecule has 0 aliphatic heterocycles. The molecule has 0 nitrogen and oxygen atoms in total. The van der Waals surface area contributed by atoms with E-state index in [1.54, 1.807) is 0 Å². The van der Waals surface area contributed by atoms with Gasteiger partial charge in [0.15, 0.2) is 0 Å². The third kappa shape index (κ3) is 2.72. The van der Waals surface area contributed by atoms with Gasteiger partial charge in [0.2, 0.25) is 0 Å². The number of fused-ring (bicyclic) bond motifs is 1. The summed E-state index contributed by atoms with van der Waals surface area (Å²) in [5.41, 5.74) is 7.18. The minimum Gasteiger partial charge on any atom is -0.0720 e. The van der Waals surface area contributed by atoms with Crippen LogP contribution in [-0.2, 0) is 6.42 Å². The molecule has 1 atom stereocenters. The lowest BCUT2D eigenvalue weighted by molar-refractivity contribution is 0.784. The first-order valence-corrected chi connectivity index (χ1v) is 8.56. The molecule has 0 amide bonds. The first kappa shape index (κ1) is 14.6. The molecule has 0 heterocycles. The standard InChI is InChI=1S/C20H21Br/c1-3-4-7-15-8-5-6-9-16(15)17-11-12-18-19(21)13-10-14(2)20(17)18/h5-6,8-13,17H,3-4,7H2,1-2H3. The molecular weight excluding hydrogens is 320 g/mol. The number of hydrogen-bond donors (Lipinski definition) is 0. The molecular formula is C20H21Br. The van der Waals surface area contributed by atoms with Gasteiger partial charge < -0.3 is 0 Å². The van der Waals surface area contributed by atoms with Crippen LogP contribution in [0, 0.1) is 6.92 Å². The zero-order chi connectivity index (χ0) is 14.8. The lowest BCUT2D eigenvalue weighted by Gasteiger charge is -2.18. The van der Waals surface area contributed by atoms with Crippen LogP contribution in [0.4, 0.5) is 0 Å². The van der Waals surface area contributed by atoms with Crippen molar-refractivity contribution >= 4 is 22.0 Å². The van der Waals surface area contributed by atoms with Crippen molar-refractivity contribution in [3.63, 3.8) is 0 Å². The van der Waals surface area contributed by atoms with Gasteiger partial charge in [0.1, 0.15) is 0 Å². The Kier molecular flexibility index (Phi) is 4.30. The first-order valence-electron chi connectivity index (χ1n) is 7.77. The topological polar surface area (TPSA) is 0 Å². The van der Waals surface area contributed by atoms with Gasteiger partial charge >= 0.3 is 0 Å². The lowest BCUT2D eigenvalue weighted by Crippen LogP contribution is -2.03. The van der Waals surface area contributed by atoms with Crippen LogP contribution in [0.25, 0.3) is 6.08 Å². The summed E-state index contributed by atoms with van der Waals surface area (Å²) < 4.78 is 1.20. The number of unbranched alkanes of at least 4 members (excludes halogenated alkanes) is 1. The van der Waals surface area contributed by atoms with Gasteiger partial charge in [-0.2, -0.15) is 0 Å². The van der Waals surface area contributed by atoms with Crippen LogP contribution < -0.4 is 0 Å². The fourth-order valence-electron chi connectivity index (χ4n) is 3.28. The summed E-state index contributed by atoms with van der Waals surface area (Å²) in [5.74, 6) is 0.408. The molecule has 2 aromatic rings. The number of rotatable bonds is 4. The van der Waals surface area contributed by atoms with Gasteiger partial charge in [-0.25, -0.2) is 0 Å². The molecule has 1 heteroatoms. The van der Waals surface area contributed by atoms with Crippen molar-refractivity contribution in [1.29, 1.82) is 0 Å². The molecule has 21 heavy (non-hydrogen) atoms. The summed E-state index contributed by atoms with van der Waals surface area (Å²) in [6.45, 7) is 4.48. The van der Waals surface area contributed by atoms with E-state index in [2.05, 4.69) is 78.3 Å². The second kappa shape index (κ2) is 6.19. The van der Waals surface area contributed by atoms with E-state index >= 15 is 0 Å². The van der Waals surface area contributed by atoms with Crippen LogP contribution in [0.1, 0.15) is 53.5 Å². The fourth-order valence-corrected chi connectivity index (χ4v) is 3.76. The molecule has 0 saturated carbocycles. The smallest absolute Gasteiger partial charge is 0.0284 e. The Morgan fingerprint density at radius 1 is 1.10 bits per heavy atom. The van der Waals surface area contributed by atoms with Crippen molar-refractivity contribution < 1.29 is 0 Å². The number of allylic oxidation sites excluding steroid dienone is 1. The molecule has 0 aromatic heterocycles. The van der Waals surface area contributed by atoms with Crippen LogP contribution >= 0.6 is 15.9 Å². The summed E-state index contributed by atoms with van der Waals surface area (Å²) >= 11 is 3.69. The molecule has 0 saturated heterocycles. The van der Waals surface area contributed by atoms with E-state index in [4.69, 9.17) is 0 Å². The number of hydrogen-bond acceptors (Lipinski definition) is 0. The predicted octanol–water partition coefficient (Wildman–Crippen LogP) is 6.26. The van der Waals surface area contributed by atoms with Gasteiger partial charge in [-0.3, -0.25) is 0 Å². The maximum absolute atomic E-state index is 3.69. The Labute approximate surface area is 136 Å². The highest BCUT2D eigenvalue weighted by molar-refractivity contribution is 9.10. The average molecular weight is 341 g/mol. The number of aryl methyl sites for hydroxylation is 2. The summed E-state index contributed by atoms with van der Waals surface area (Å²) in [4.78, 5) is 0. The monoisotopic (exact) mass is 340 g/mol. The van der Waals surface area contributed by atoms with Crippen molar-refractivity contribution in [3.05, 3.63) is 74.8 Å². The summed E-state index contributed by atoms with van der Waals surface area (Å²) in [5, 5.41) is 0. The van der Waals surface area contributed by atoms with Crippen molar-refractivity contribution in [3.8, 4) is 0 Å². The molecule has 2 aromatic carbocycles. The van der Waals surface area contributed by atoms with Gasteiger partial charge in [-0.1, -0.05) is 71.8 Å². The molecule has 1 unspecified atom stereocenters. The van der Waals surface area contributed by atoms with E-state index in [1.165, 1.54) is 51.6 Å². The zero-order valence-electron chi connectivity index (χ0n) is 12.7. The fraction of sp³-hybridized carbons (Fsp3) is 0.300. The molecule has 0 spiro atoms. The molecule has 0 radical (unpaired) electrons. The second-order valence-corrected chi connectivity index (χ2v) is 6.69. The van der Waals surface area contributed by atoms with Gasteiger partial charge in [-0.05, 0) is 53.6 Å². The highest BCUT2D eigenvalue weighted by atomic mass is 79.9. The summed E-state index contributed by atoms with van der Waals surface area (Å²) in [7, 11) is 0. The van der Waals surface area contributed by atoms with Crippen LogP contribution in [0.15, 0.2) is 46.9 Å².